The van der Waals surface area contributed by atoms with E-state index in [1.807, 2.05) is 49.1 Å². The molecule has 3 amide bonds. The number of ketones is 1. The lowest BCUT2D eigenvalue weighted by Gasteiger charge is -2.41. The van der Waals surface area contributed by atoms with Crippen molar-refractivity contribution in [2.75, 3.05) is 18.0 Å². The zero-order valence-corrected chi connectivity index (χ0v) is 24.8. The molecule has 0 aromatic heterocycles. The number of carbonyl (C=O) groups excluding carboxylic acids is 4. The van der Waals surface area contributed by atoms with Gasteiger partial charge in [-0.2, -0.15) is 0 Å². The number of para-hydroxylation sites is 1. The summed E-state index contributed by atoms with van der Waals surface area (Å²) in [4.78, 5) is 54.6. The van der Waals surface area contributed by atoms with Crippen LogP contribution in [0.4, 0.5) is 5.69 Å². The van der Waals surface area contributed by atoms with Crippen molar-refractivity contribution >= 4 is 29.2 Å². The van der Waals surface area contributed by atoms with Crippen LogP contribution < -0.4 is 26.6 Å². The van der Waals surface area contributed by atoms with E-state index in [1.165, 1.54) is 19.1 Å². The van der Waals surface area contributed by atoms with Crippen LogP contribution in [0.15, 0.2) is 54.6 Å². The van der Waals surface area contributed by atoms with Crippen molar-refractivity contribution < 1.29 is 24.3 Å². The number of hydrogen-bond acceptors (Lipinski definition) is 7. The van der Waals surface area contributed by atoms with Gasteiger partial charge in [-0.15, -0.1) is 0 Å². The number of nitrogens with zero attached hydrogens (tertiary/aromatic N) is 1. The number of Topliss-reactive ketones (excluding diaryl/α,β-unsaturated/α-hetero) is 1. The number of unbranched alkanes of at least 4 members (excludes halogenated alkanes) is 2. The second-order valence-electron chi connectivity index (χ2n) is 10.7. The van der Waals surface area contributed by atoms with Crippen molar-refractivity contribution in [3.05, 3.63) is 60.2 Å². The van der Waals surface area contributed by atoms with Crippen molar-refractivity contribution in [1.29, 1.82) is 0 Å². The summed E-state index contributed by atoms with van der Waals surface area (Å²) in [5.74, 6) is -1.93. The minimum atomic E-state index is -1.59. The number of hydrogen-bond donors (Lipinski definition) is 5. The van der Waals surface area contributed by atoms with E-state index in [2.05, 4.69) is 22.9 Å². The molecule has 0 spiro atoms. The molecule has 0 aliphatic carbocycles. The van der Waals surface area contributed by atoms with Crippen LogP contribution >= 0.6 is 0 Å². The number of nitrogens with two attached hydrogens (primary N) is 1. The zero-order chi connectivity index (χ0) is 30.6. The van der Waals surface area contributed by atoms with Crippen molar-refractivity contribution in [2.24, 2.45) is 5.73 Å². The van der Waals surface area contributed by atoms with E-state index in [0.29, 0.717) is 6.54 Å². The van der Waals surface area contributed by atoms with Gasteiger partial charge in [0.15, 0.2) is 11.3 Å². The molecule has 0 saturated heterocycles. The number of carbonyl (C=O) groups is 4. The standard InChI is InChI=1S/C31H45N5O5/c1-6-7-11-18-36(24-12-9-8-10-13-24)31(5,30(41)34-21(2)3)27(38)20-33-28(39)22(4)35-29(40)26(32)19-23-14-16-25(37)17-15-23/h8-10,12-17,21-22,26,37H,6-7,11,18-20,32H2,1-5H3,(H,33,39)(H,34,41)(H,35,40)/t22-,26+,31?/m1/s1. The van der Waals surface area contributed by atoms with Crippen molar-refractivity contribution in [3.8, 4) is 5.75 Å². The molecule has 3 atom stereocenters. The van der Waals surface area contributed by atoms with E-state index in [1.54, 1.807) is 19.1 Å². The van der Waals surface area contributed by atoms with Crippen molar-refractivity contribution in [3.63, 3.8) is 0 Å². The van der Waals surface area contributed by atoms with E-state index >= 15 is 0 Å². The first kappa shape index (κ1) is 33.3. The van der Waals surface area contributed by atoms with Gasteiger partial charge in [-0.3, -0.25) is 19.2 Å². The molecule has 0 aliphatic rings. The Balaban J connectivity index is 2.14. The highest BCUT2D eigenvalue weighted by Crippen LogP contribution is 2.27. The molecule has 6 N–H and O–H groups in total. The molecule has 41 heavy (non-hydrogen) atoms. The fourth-order valence-corrected chi connectivity index (χ4v) is 4.40. The number of benzene rings is 2. The van der Waals surface area contributed by atoms with Crippen molar-refractivity contribution in [2.45, 2.75) is 84.0 Å². The molecule has 10 nitrogen and oxygen atoms in total. The molecule has 2 aromatic carbocycles. The van der Waals surface area contributed by atoms with Gasteiger partial charge in [0.1, 0.15) is 11.8 Å². The summed E-state index contributed by atoms with van der Waals surface area (Å²) in [6.45, 7) is 8.89. The molecule has 10 heteroatoms. The van der Waals surface area contributed by atoms with E-state index in [-0.39, 0.29) is 18.2 Å². The SMILES string of the molecule is CCCCCN(c1ccccc1)C(C)(C(=O)CNC(=O)[C@@H](C)NC(=O)[C@@H](N)Cc1ccc(O)cc1)C(=O)NC(C)C. The highest BCUT2D eigenvalue weighted by Gasteiger charge is 2.46. The van der Waals surface area contributed by atoms with E-state index < -0.39 is 47.7 Å². The largest absolute Gasteiger partial charge is 0.508 e. The molecule has 2 rings (SSSR count). The van der Waals surface area contributed by atoms with E-state index in [0.717, 1.165) is 30.5 Å². The monoisotopic (exact) mass is 567 g/mol. The van der Waals surface area contributed by atoms with Crippen LogP contribution in [0.1, 0.15) is 59.4 Å². The molecule has 2 aromatic rings. The minimum Gasteiger partial charge on any atom is -0.508 e. The van der Waals surface area contributed by atoms with Crippen LogP contribution in [0.5, 0.6) is 5.75 Å². The molecule has 0 aliphatic heterocycles. The average Bonchev–Trinajstić information content (AvgIpc) is 2.94. The molecule has 224 valence electrons. The summed E-state index contributed by atoms with van der Waals surface area (Å²) in [5.41, 5.74) is 5.91. The third kappa shape index (κ3) is 9.60. The summed E-state index contributed by atoms with van der Waals surface area (Å²) >= 11 is 0. The van der Waals surface area contributed by atoms with Crippen LogP contribution in [0.3, 0.4) is 0 Å². The lowest BCUT2D eigenvalue weighted by molar-refractivity contribution is -0.136. The summed E-state index contributed by atoms with van der Waals surface area (Å²) in [7, 11) is 0. The molecule has 0 heterocycles. The van der Waals surface area contributed by atoms with E-state index in [4.69, 9.17) is 5.73 Å². The number of phenols is 1. The molecule has 0 saturated carbocycles. The summed E-state index contributed by atoms with van der Waals surface area (Å²) in [6.07, 6.45) is 2.91. The normalized spacial score (nSPS) is 13.9. The number of aromatic hydroxyl groups is 1. The maximum atomic E-state index is 13.8. The first-order valence-corrected chi connectivity index (χ1v) is 14.2. The van der Waals surface area contributed by atoms with Gasteiger partial charge in [0.25, 0.3) is 5.91 Å². The Hall–Kier alpha value is -3.92. The Bertz CT molecular complexity index is 1160. The Labute approximate surface area is 243 Å². The van der Waals surface area contributed by atoms with Crippen LogP contribution in [-0.4, -0.2) is 65.4 Å². The molecule has 1 unspecified atom stereocenters. The first-order chi connectivity index (χ1) is 19.4. The lowest BCUT2D eigenvalue weighted by atomic mass is 9.90. The van der Waals surface area contributed by atoms with Gasteiger partial charge in [0, 0.05) is 18.3 Å². The summed E-state index contributed by atoms with van der Waals surface area (Å²) in [6, 6.07) is 13.6. The van der Waals surface area contributed by atoms with Gasteiger partial charge in [-0.25, -0.2) is 0 Å². The Morgan fingerprint density at radius 2 is 1.56 bits per heavy atom. The first-order valence-electron chi connectivity index (χ1n) is 14.2. The van der Waals surface area contributed by atoms with Crippen LogP contribution in [0, 0.1) is 0 Å². The second kappa shape index (κ2) is 15.8. The Kier molecular flexibility index (Phi) is 12.8. The Morgan fingerprint density at radius 3 is 2.15 bits per heavy atom. The quantitative estimate of drug-likeness (QED) is 0.154. The fourth-order valence-electron chi connectivity index (χ4n) is 4.40. The lowest BCUT2D eigenvalue weighted by Crippen LogP contribution is -2.65. The maximum Gasteiger partial charge on any atom is 0.253 e. The molecular formula is C31H45N5O5. The van der Waals surface area contributed by atoms with Crippen LogP contribution in [0.25, 0.3) is 0 Å². The minimum absolute atomic E-state index is 0.109. The van der Waals surface area contributed by atoms with Gasteiger partial charge in [0.2, 0.25) is 11.8 Å². The van der Waals surface area contributed by atoms with E-state index in [9.17, 15) is 24.3 Å². The van der Waals surface area contributed by atoms with Crippen LogP contribution in [0.2, 0.25) is 0 Å². The fraction of sp³-hybridized carbons (Fsp3) is 0.484. The number of rotatable bonds is 16. The van der Waals surface area contributed by atoms with Crippen molar-refractivity contribution in [1.82, 2.24) is 16.0 Å². The summed E-state index contributed by atoms with van der Waals surface area (Å²) < 4.78 is 0. The molecule has 0 radical (unpaired) electrons. The Morgan fingerprint density at radius 1 is 0.927 bits per heavy atom. The predicted molar refractivity (Wildman–Crippen MR) is 160 cm³/mol. The van der Waals surface area contributed by atoms with Gasteiger partial charge in [-0.05, 0) is 70.4 Å². The molecule has 0 fully saturated rings. The highest BCUT2D eigenvalue weighted by molar-refractivity contribution is 6.14. The van der Waals surface area contributed by atoms with Gasteiger partial charge < -0.3 is 31.7 Å². The topological polar surface area (TPSA) is 154 Å². The number of nitrogens with one attached hydrogen (secondary N) is 3. The zero-order valence-electron chi connectivity index (χ0n) is 24.8. The third-order valence-corrected chi connectivity index (χ3v) is 6.90. The van der Waals surface area contributed by atoms with Gasteiger partial charge in [-0.1, -0.05) is 50.1 Å². The molecular weight excluding hydrogens is 522 g/mol. The molecule has 0 bridgehead atoms. The predicted octanol–water partition coefficient (Wildman–Crippen LogP) is 2.43. The maximum absolute atomic E-state index is 13.8. The second-order valence-corrected chi connectivity index (χ2v) is 10.7. The van der Waals surface area contributed by atoms with Gasteiger partial charge in [0.05, 0.1) is 12.6 Å². The highest BCUT2D eigenvalue weighted by atomic mass is 16.3. The smallest absolute Gasteiger partial charge is 0.253 e. The third-order valence-electron chi connectivity index (χ3n) is 6.90. The number of anilines is 1. The average molecular weight is 568 g/mol. The number of phenolic OH excluding ortho intramolecular Hbond substituents is 1. The van der Waals surface area contributed by atoms with Gasteiger partial charge >= 0.3 is 0 Å². The summed E-state index contributed by atoms with van der Waals surface area (Å²) in [5, 5.41) is 17.5. The van der Waals surface area contributed by atoms with Crippen LogP contribution in [-0.2, 0) is 25.6 Å². The number of amides is 3.